The molecule has 1 aromatic rings. The molecular weight excluding hydrogens is 314 g/mol. The molecule has 0 amide bonds. The smallest absolute Gasteiger partial charge is 0.497 e. The molecule has 19 heavy (non-hydrogen) atoms. The Morgan fingerprint density at radius 2 is 1.68 bits per heavy atom. The Labute approximate surface area is 121 Å². The monoisotopic (exact) mass is 330 g/mol. The minimum Gasteiger partial charge on any atom is -0.497 e. The molecule has 1 fully saturated rings. The molecule has 104 valence electrons. The van der Waals surface area contributed by atoms with Crippen LogP contribution < -0.4 is 10.2 Å². The maximum absolute atomic E-state index is 14.2. The summed E-state index contributed by atoms with van der Waals surface area (Å²) in [4.78, 5) is 0. The molecule has 1 aliphatic heterocycles. The Balaban J connectivity index is 2.45. The van der Waals surface area contributed by atoms with Crippen LogP contribution in [0.5, 0.6) is 5.75 Å². The molecule has 3 nitrogen and oxygen atoms in total. The second-order valence-corrected chi connectivity index (χ2v) is 6.51. The van der Waals surface area contributed by atoms with Gasteiger partial charge in [-0.15, -0.1) is 0 Å². The highest BCUT2D eigenvalue weighted by Crippen LogP contribution is 2.37. The van der Waals surface area contributed by atoms with Crippen LogP contribution in [0.4, 0.5) is 4.39 Å². The van der Waals surface area contributed by atoms with Gasteiger partial charge in [-0.3, -0.25) is 0 Å². The van der Waals surface area contributed by atoms with E-state index in [2.05, 4.69) is 15.9 Å². The zero-order chi connectivity index (χ0) is 14.4. The topological polar surface area (TPSA) is 27.7 Å². The first kappa shape index (κ1) is 14.8. The van der Waals surface area contributed by atoms with Gasteiger partial charge in [-0.1, -0.05) is 15.9 Å². The molecule has 0 unspecified atom stereocenters. The molecule has 6 heteroatoms. The summed E-state index contributed by atoms with van der Waals surface area (Å²) in [5, 5.41) is 0. The van der Waals surface area contributed by atoms with Crippen molar-refractivity contribution in [3.63, 3.8) is 0 Å². The molecule has 1 aliphatic rings. The first-order valence-corrected chi connectivity index (χ1v) is 6.86. The summed E-state index contributed by atoms with van der Waals surface area (Å²) in [6.45, 7) is 7.71. The van der Waals surface area contributed by atoms with Crippen molar-refractivity contribution in [2.45, 2.75) is 38.9 Å². The number of hydrogen-bond acceptors (Lipinski definition) is 3. The third kappa shape index (κ3) is 2.53. The summed E-state index contributed by atoms with van der Waals surface area (Å²) in [6.07, 6.45) is 0. The first-order chi connectivity index (χ1) is 8.68. The number of methoxy groups -OCH3 is 1. The van der Waals surface area contributed by atoms with Gasteiger partial charge in [0.2, 0.25) is 0 Å². The molecule has 0 saturated carbocycles. The van der Waals surface area contributed by atoms with Gasteiger partial charge >= 0.3 is 7.12 Å². The SMILES string of the molecule is COc1cc(Br)cc(F)c1B1OC(C)(C)C(C)(C)O1. The van der Waals surface area contributed by atoms with Crippen molar-refractivity contribution in [1.29, 1.82) is 0 Å². The number of rotatable bonds is 2. The molecule has 0 spiro atoms. The van der Waals surface area contributed by atoms with Gasteiger partial charge in [0.1, 0.15) is 11.6 Å². The quantitative estimate of drug-likeness (QED) is 0.780. The van der Waals surface area contributed by atoms with Gasteiger partial charge in [0.25, 0.3) is 0 Å². The molecular formula is C13H17BBrFO3. The van der Waals surface area contributed by atoms with Crippen LogP contribution in [0.15, 0.2) is 16.6 Å². The van der Waals surface area contributed by atoms with E-state index in [-0.39, 0.29) is 0 Å². The van der Waals surface area contributed by atoms with E-state index in [9.17, 15) is 4.39 Å². The number of ether oxygens (including phenoxy) is 1. The summed E-state index contributed by atoms with van der Waals surface area (Å²) in [5.74, 6) is -0.00454. The van der Waals surface area contributed by atoms with Gasteiger partial charge in [-0.05, 0) is 39.8 Å². The molecule has 2 rings (SSSR count). The van der Waals surface area contributed by atoms with Gasteiger partial charge in [-0.2, -0.15) is 0 Å². The normalized spacial score (nSPS) is 20.7. The fourth-order valence-corrected chi connectivity index (χ4v) is 2.33. The van der Waals surface area contributed by atoms with Gasteiger partial charge in [0, 0.05) is 4.47 Å². The van der Waals surface area contributed by atoms with Crippen molar-refractivity contribution in [3.8, 4) is 5.75 Å². The van der Waals surface area contributed by atoms with Crippen LogP contribution in [0.25, 0.3) is 0 Å². The largest absolute Gasteiger partial charge is 0.501 e. The first-order valence-electron chi connectivity index (χ1n) is 6.06. The van der Waals surface area contributed by atoms with E-state index >= 15 is 0 Å². The molecule has 1 aromatic carbocycles. The van der Waals surface area contributed by atoms with Gasteiger partial charge in [0.05, 0.1) is 23.8 Å². The van der Waals surface area contributed by atoms with E-state index in [1.165, 1.54) is 13.2 Å². The van der Waals surface area contributed by atoms with Gasteiger partial charge < -0.3 is 14.0 Å². The lowest BCUT2D eigenvalue weighted by Gasteiger charge is -2.32. The number of benzene rings is 1. The molecule has 0 aliphatic carbocycles. The summed E-state index contributed by atoms with van der Waals surface area (Å²) < 4.78 is 31.7. The standard InChI is InChI=1S/C13H17BBrFO3/c1-12(2)13(3,4)19-14(18-12)11-9(16)6-8(15)7-10(11)17-5/h6-7H,1-5H3. The minimum atomic E-state index is -0.770. The summed E-state index contributed by atoms with van der Waals surface area (Å²) >= 11 is 3.24. The Bertz CT molecular complexity index is 489. The van der Waals surface area contributed by atoms with Crippen molar-refractivity contribution >= 4 is 28.5 Å². The Morgan fingerprint density at radius 1 is 1.16 bits per heavy atom. The highest BCUT2D eigenvalue weighted by atomic mass is 79.9. The number of hydrogen-bond donors (Lipinski definition) is 0. The lowest BCUT2D eigenvalue weighted by molar-refractivity contribution is 0.00578. The zero-order valence-electron chi connectivity index (χ0n) is 11.7. The van der Waals surface area contributed by atoms with Crippen LogP contribution in [0.1, 0.15) is 27.7 Å². The van der Waals surface area contributed by atoms with Gasteiger partial charge in [-0.25, -0.2) is 4.39 Å². The Hall–Kier alpha value is -0.585. The highest BCUT2D eigenvalue weighted by Gasteiger charge is 2.53. The molecule has 0 N–H and O–H groups in total. The predicted octanol–water partition coefficient (Wildman–Crippen LogP) is 2.90. The fraction of sp³-hybridized carbons (Fsp3) is 0.538. The predicted molar refractivity (Wildman–Crippen MR) is 76.4 cm³/mol. The minimum absolute atomic E-state index is 0.296. The van der Waals surface area contributed by atoms with Gasteiger partial charge in [0.15, 0.2) is 0 Å². The fourth-order valence-electron chi connectivity index (χ4n) is 1.92. The van der Waals surface area contributed by atoms with Crippen molar-refractivity contribution in [3.05, 3.63) is 22.4 Å². The lowest BCUT2D eigenvalue weighted by atomic mass is 9.78. The Kier molecular flexibility index (Phi) is 3.71. The summed E-state index contributed by atoms with van der Waals surface area (Å²) in [7, 11) is 0.726. The van der Waals surface area contributed by atoms with Crippen LogP contribution in [-0.2, 0) is 9.31 Å². The van der Waals surface area contributed by atoms with Crippen LogP contribution in [0.3, 0.4) is 0 Å². The third-order valence-corrected chi connectivity index (χ3v) is 4.22. The van der Waals surface area contributed by atoms with Crippen molar-refractivity contribution < 1.29 is 18.4 Å². The average Bonchev–Trinajstić information content (AvgIpc) is 2.46. The van der Waals surface area contributed by atoms with Crippen molar-refractivity contribution in [1.82, 2.24) is 0 Å². The highest BCUT2D eigenvalue weighted by molar-refractivity contribution is 9.10. The second-order valence-electron chi connectivity index (χ2n) is 5.59. The third-order valence-electron chi connectivity index (χ3n) is 3.77. The molecule has 1 saturated heterocycles. The molecule has 0 radical (unpaired) electrons. The molecule has 1 heterocycles. The number of halogens is 2. The maximum Gasteiger partial charge on any atom is 0.501 e. The Morgan fingerprint density at radius 3 is 2.16 bits per heavy atom. The molecule has 0 aromatic heterocycles. The summed E-state index contributed by atoms with van der Waals surface area (Å²) in [5.41, 5.74) is -0.728. The van der Waals surface area contributed by atoms with Crippen LogP contribution in [0, 0.1) is 5.82 Å². The van der Waals surface area contributed by atoms with Crippen LogP contribution in [0.2, 0.25) is 0 Å². The van der Waals surface area contributed by atoms with E-state index in [4.69, 9.17) is 14.0 Å². The van der Waals surface area contributed by atoms with Crippen molar-refractivity contribution in [2.75, 3.05) is 7.11 Å². The van der Waals surface area contributed by atoms with Crippen LogP contribution in [-0.4, -0.2) is 25.4 Å². The molecule has 0 bridgehead atoms. The van der Waals surface area contributed by atoms with Crippen LogP contribution >= 0.6 is 15.9 Å². The molecule has 0 atom stereocenters. The van der Waals surface area contributed by atoms with E-state index in [0.717, 1.165) is 0 Å². The lowest BCUT2D eigenvalue weighted by Crippen LogP contribution is -2.41. The average molecular weight is 331 g/mol. The maximum atomic E-state index is 14.2. The second kappa shape index (κ2) is 4.75. The van der Waals surface area contributed by atoms with E-state index in [1.807, 2.05) is 27.7 Å². The van der Waals surface area contributed by atoms with E-state index in [0.29, 0.717) is 15.7 Å². The summed E-state index contributed by atoms with van der Waals surface area (Å²) in [6, 6.07) is 3.08. The van der Waals surface area contributed by atoms with Crippen molar-refractivity contribution in [2.24, 2.45) is 0 Å². The zero-order valence-corrected chi connectivity index (χ0v) is 13.3. The van der Waals surface area contributed by atoms with E-state index < -0.39 is 24.1 Å². The van der Waals surface area contributed by atoms with E-state index in [1.54, 1.807) is 6.07 Å².